The van der Waals surface area contributed by atoms with Gasteiger partial charge in [0.05, 0.1) is 0 Å². The highest BCUT2D eigenvalue weighted by atomic mass is 127. The van der Waals surface area contributed by atoms with E-state index < -0.39 is 0 Å². The quantitative estimate of drug-likeness (QED) is 0.289. The number of rotatable bonds is 8. The van der Waals surface area contributed by atoms with Crippen LogP contribution < -0.4 is 5.73 Å². The molecule has 0 aliphatic carbocycles. The largest absolute Gasteiger partial charge is 0.370 e. The van der Waals surface area contributed by atoms with Crippen molar-refractivity contribution in [1.82, 2.24) is 9.80 Å². The first kappa shape index (κ1) is 21.0. The number of nitrogens with two attached hydrogens (primary N) is 1. The molecule has 0 amide bonds. The van der Waals surface area contributed by atoms with Crippen LogP contribution in [0.1, 0.15) is 58.8 Å². The second kappa shape index (κ2) is 13.6. The summed E-state index contributed by atoms with van der Waals surface area (Å²) in [4.78, 5) is 9.38. The van der Waals surface area contributed by atoms with E-state index in [2.05, 4.69) is 28.6 Å². The Balaban J connectivity index is 0.00000400. The molecule has 0 aromatic heterocycles. The van der Waals surface area contributed by atoms with Crippen LogP contribution in [-0.4, -0.2) is 55.0 Å². The van der Waals surface area contributed by atoms with Gasteiger partial charge in [0.2, 0.25) is 0 Å². The Morgan fingerprint density at radius 2 is 1.57 bits per heavy atom. The Hall–Kier alpha value is -0.0400. The Morgan fingerprint density at radius 3 is 2.10 bits per heavy atom. The van der Waals surface area contributed by atoms with Crippen LogP contribution in [-0.2, 0) is 0 Å². The fourth-order valence-corrected chi connectivity index (χ4v) is 2.86. The standard InChI is InChI=1S/C16H34N4.HI/c1-3-11-19(12-4-2)13-9-10-18-16(17)20-14-7-5-6-8-15-20;/h3-15H2,1-2H3,(H2,17,18);1H. The van der Waals surface area contributed by atoms with Crippen molar-refractivity contribution in [2.75, 3.05) is 39.3 Å². The van der Waals surface area contributed by atoms with E-state index in [0.29, 0.717) is 0 Å². The van der Waals surface area contributed by atoms with E-state index in [1.54, 1.807) is 0 Å². The molecule has 0 saturated carbocycles. The van der Waals surface area contributed by atoms with Gasteiger partial charge in [0.25, 0.3) is 0 Å². The van der Waals surface area contributed by atoms with Crippen LogP contribution in [0.3, 0.4) is 0 Å². The summed E-state index contributed by atoms with van der Waals surface area (Å²) in [6.07, 6.45) is 8.79. The minimum absolute atomic E-state index is 0. The molecule has 2 N–H and O–H groups in total. The van der Waals surface area contributed by atoms with E-state index in [0.717, 1.165) is 38.6 Å². The van der Waals surface area contributed by atoms with Gasteiger partial charge in [-0.15, -0.1) is 24.0 Å². The van der Waals surface area contributed by atoms with Crippen molar-refractivity contribution in [2.24, 2.45) is 10.7 Å². The molecule has 0 aromatic rings. The molecule has 0 atom stereocenters. The van der Waals surface area contributed by atoms with Gasteiger partial charge in [-0.2, -0.15) is 0 Å². The predicted octanol–water partition coefficient (Wildman–Crippen LogP) is 3.31. The molecule has 0 bridgehead atoms. The summed E-state index contributed by atoms with van der Waals surface area (Å²) < 4.78 is 0. The van der Waals surface area contributed by atoms with Crippen LogP contribution in [0.4, 0.5) is 0 Å². The smallest absolute Gasteiger partial charge is 0.191 e. The zero-order chi connectivity index (χ0) is 14.6. The SMILES string of the molecule is CCCN(CCC)CCCN=C(N)N1CCCCCC1.I. The molecule has 1 saturated heterocycles. The lowest BCUT2D eigenvalue weighted by Crippen LogP contribution is -2.38. The minimum atomic E-state index is 0. The Morgan fingerprint density at radius 1 is 1.00 bits per heavy atom. The average Bonchev–Trinajstić information content (AvgIpc) is 2.72. The molecular weight excluding hydrogens is 375 g/mol. The molecule has 1 heterocycles. The first-order valence-corrected chi connectivity index (χ1v) is 8.55. The molecule has 1 fully saturated rings. The lowest BCUT2D eigenvalue weighted by molar-refractivity contribution is 0.273. The third-order valence-corrected chi connectivity index (χ3v) is 3.92. The minimum Gasteiger partial charge on any atom is -0.370 e. The fourth-order valence-electron chi connectivity index (χ4n) is 2.86. The monoisotopic (exact) mass is 410 g/mol. The number of hydrogen-bond donors (Lipinski definition) is 1. The van der Waals surface area contributed by atoms with Crippen LogP contribution in [0.2, 0.25) is 0 Å². The van der Waals surface area contributed by atoms with E-state index in [4.69, 9.17) is 5.73 Å². The number of likely N-dealkylation sites (tertiary alicyclic amines) is 1. The summed E-state index contributed by atoms with van der Waals surface area (Å²) in [5.74, 6) is 0.768. The van der Waals surface area contributed by atoms with Gasteiger partial charge in [0.1, 0.15) is 0 Å². The number of nitrogens with zero attached hydrogens (tertiary/aromatic N) is 3. The van der Waals surface area contributed by atoms with Gasteiger partial charge in [-0.05, 0) is 51.7 Å². The molecule has 126 valence electrons. The van der Waals surface area contributed by atoms with Crippen molar-refractivity contribution in [3.8, 4) is 0 Å². The molecule has 0 unspecified atom stereocenters. The first-order valence-electron chi connectivity index (χ1n) is 8.55. The molecular formula is C16H35IN4. The van der Waals surface area contributed by atoms with Crippen LogP contribution >= 0.6 is 24.0 Å². The number of hydrogen-bond acceptors (Lipinski definition) is 2. The van der Waals surface area contributed by atoms with Crippen LogP contribution in [0, 0.1) is 0 Å². The molecule has 5 heteroatoms. The summed E-state index contributed by atoms with van der Waals surface area (Å²) in [6, 6.07) is 0. The maximum Gasteiger partial charge on any atom is 0.191 e. The Labute approximate surface area is 148 Å². The third kappa shape index (κ3) is 9.55. The molecule has 0 aromatic carbocycles. The molecule has 1 aliphatic heterocycles. The second-order valence-corrected chi connectivity index (χ2v) is 5.84. The first-order chi connectivity index (χ1) is 9.77. The van der Waals surface area contributed by atoms with Gasteiger partial charge in [0.15, 0.2) is 5.96 Å². The second-order valence-electron chi connectivity index (χ2n) is 5.84. The third-order valence-electron chi connectivity index (χ3n) is 3.92. The molecule has 0 spiro atoms. The van der Waals surface area contributed by atoms with Crippen molar-refractivity contribution in [1.29, 1.82) is 0 Å². The lowest BCUT2D eigenvalue weighted by atomic mass is 10.2. The predicted molar refractivity (Wildman–Crippen MR) is 104 cm³/mol. The molecule has 0 radical (unpaired) electrons. The summed E-state index contributed by atoms with van der Waals surface area (Å²) in [7, 11) is 0. The van der Waals surface area contributed by atoms with Crippen molar-refractivity contribution in [2.45, 2.75) is 58.8 Å². The van der Waals surface area contributed by atoms with Crippen molar-refractivity contribution >= 4 is 29.9 Å². The van der Waals surface area contributed by atoms with Gasteiger partial charge < -0.3 is 15.5 Å². The highest BCUT2D eigenvalue weighted by Crippen LogP contribution is 2.09. The summed E-state index contributed by atoms with van der Waals surface area (Å²) in [5.41, 5.74) is 6.11. The van der Waals surface area contributed by atoms with Gasteiger partial charge >= 0.3 is 0 Å². The summed E-state index contributed by atoms with van der Waals surface area (Å²) >= 11 is 0. The van der Waals surface area contributed by atoms with Crippen molar-refractivity contribution in [3.63, 3.8) is 0 Å². The molecule has 1 aliphatic rings. The highest BCUT2D eigenvalue weighted by Gasteiger charge is 2.10. The van der Waals surface area contributed by atoms with E-state index >= 15 is 0 Å². The van der Waals surface area contributed by atoms with E-state index in [-0.39, 0.29) is 24.0 Å². The fraction of sp³-hybridized carbons (Fsp3) is 0.938. The topological polar surface area (TPSA) is 44.9 Å². The summed E-state index contributed by atoms with van der Waals surface area (Å²) in [5, 5.41) is 0. The number of guanidine groups is 1. The molecule has 1 rings (SSSR count). The number of aliphatic imine (C=N–C) groups is 1. The van der Waals surface area contributed by atoms with Crippen LogP contribution in [0.25, 0.3) is 0 Å². The maximum absolute atomic E-state index is 6.11. The van der Waals surface area contributed by atoms with E-state index in [9.17, 15) is 0 Å². The summed E-state index contributed by atoms with van der Waals surface area (Å²) in [6.45, 7) is 11.1. The highest BCUT2D eigenvalue weighted by molar-refractivity contribution is 14.0. The Bertz CT molecular complexity index is 257. The molecule has 4 nitrogen and oxygen atoms in total. The van der Waals surface area contributed by atoms with Gasteiger partial charge in [0, 0.05) is 19.6 Å². The Kier molecular flexibility index (Phi) is 13.6. The van der Waals surface area contributed by atoms with Crippen LogP contribution in [0.5, 0.6) is 0 Å². The zero-order valence-electron chi connectivity index (χ0n) is 14.0. The van der Waals surface area contributed by atoms with Crippen LogP contribution in [0.15, 0.2) is 4.99 Å². The number of halogens is 1. The van der Waals surface area contributed by atoms with Crippen molar-refractivity contribution in [3.05, 3.63) is 0 Å². The van der Waals surface area contributed by atoms with E-state index in [1.165, 1.54) is 51.6 Å². The zero-order valence-corrected chi connectivity index (χ0v) is 16.3. The lowest BCUT2D eigenvalue weighted by Gasteiger charge is -2.22. The van der Waals surface area contributed by atoms with Gasteiger partial charge in [-0.3, -0.25) is 4.99 Å². The maximum atomic E-state index is 6.11. The average molecular weight is 410 g/mol. The van der Waals surface area contributed by atoms with E-state index in [1.807, 2.05) is 0 Å². The molecule has 21 heavy (non-hydrogen) atoms. The van der Waals surface area contributed by atoms with Gasteiger partial charge in [-0.25, -0.2) is 0 Å². The van der Waals surface area contributed by atoms with Crippen molar-refractivity contribution < 1.29 is 0 Å². The normalized spacial score (nSPS) is 16.7. The van der Waals surface area contributed by atoms with Gasteiger partial charge in [-0.1, -0.05) is 26.7 Å².